The fraction of sp³-hybridized carbons (Fsp3) is 0.333. The van der Waals surface area contributed by atoms with Crippen LogP contribution < -0.4 is 0 Å². The molecule has 4 rings (SSSR count). The van der Waals surface area contributed by atoms with Gasteiger partial charge in [0.15, 0.2) is 5.82 Å². The van der Waals surface area contributed by atoms with E-state index in [4.69, 9.17) is 21.3 Å². The van der Waals surface area contributed by atoms with Crippen molar-refractivity contribution in [2.24, 2.45) is 4.99 Å². The van der Waals surface area contributed by atoms with E-state index in [1.165, 1.54) is 12.0 Å². The quantitative estimate of drug-likeness (QED) is 0.574. The summed E-state index contributed by atoms with van der Waals surface area (Å²) in [4.78, 5) is 18.6. The Balaban J connectivity index is 2.07. The molecule has 3 aromatic rings. The summed E-state index contributed by atoms with van der Waals surface area (Å²) < 4.78 is 6.98. The van der Waals surface area contributed by atoms with Crippen LogP contribution in [0.25, 0.3) is 5.00 Å². The van der Waals surface area contributed by atoms with Crippen LogP contribution >= 0.6 is 22.9 Å². The number of nitrogens with zero attached hydrogens (tertiary/aromatic N) is 4. The molecular weight excluding hydrogens is 408 g/mol. The van der Waals surface area contributed by atoms with E-state index in [1.54, 1.807) is 11.3 Å². The normalized spacial score (nSPS) is 17.9. The van der Waals surface area contributed by atoms with Gasteiger partial charge in [0.2, 0.25) is 0 Å². The molecule has 0 fully saturated rings. The van der Waals surface area contributed by atoms with E-state index in [9.17, 15) is 4.79 Å². The Bertz CT molecular complexity index is 1150. The number of hydrogen-bond donors (Lipinski definition) is 0. The number of aliphatic imine (C=N–C) groups is 1. The average Bonchev–Trinajstić information content (AvgIpc) is 3.17. The van der Waals surface area contributed by atoms with Crippen molar-refractivity contribution in [2.45, 2.75) is 39.7 Å². The number of aryl methyl sites for hydroxylation is 2. The first-order valence-electron chi connectivity index (χ1n) is 9.21. The number of aromatic nitrogens is 3. The molecule has 1 atom stereocenters. The van der Waals surface area contributed by atoms with Gasteiger partial charge in [-0.15, -0.1) is 21.5 Å². The summed E-state index contributed by atoms with van der Waals surface area (Å²) in [5, 5.41) is 10.4. The van der Waals surface area contributed by atoms with Gasteiger partial charge in [0, 0.05) is 21.0 Å². The number of carbonyl (C=O) groups excluding carboxylic acids is 1. The maximum Gasteiger partial charge on any atom is 0.308 e. The number of methoxy groups -OCH3 is 1. The van der Waals surface area contributed by atoms with Crippen LogP contribution in [0.4, 0.5) is 0 Å². The van der Waals surface area contributed by atoms with Crippen LogP contribution in [-0.2, 0) is 15.1 Å². The highest BCUT2D eigenvalue weighted by Crippen LogP contribution is 2.42. The van der Waals surface area contributed by atoms with Crippen molar-refractivity contribution in [3.8, 4) is 5.00 Å². The first-order chi connectivity index (χ1) is 13.7. The third kappa shape index (κ3) is 3.18. The predicted molar refractivity (Wildman–Crippen MR) is 115 cm³/mol. The van der Waals surface area contributed by atoms with Crippen molar-refractivity contribution >= 4 is 34.6 Å². The molecule has 0 aliphatic carbocycles. The smallest absolute Gasteiger partial charge is 0.308 e. The van der Waals surface area contributed by atoms with Gasteiger partial charge in [-0.1, -0.05) is 23.7 Å². The number of carbonyl (C=O) groups is 1. The van der Waals surface area contributed by atoms with Crippen LogP contribution in [0.5, 0.6) is 0 Å². The van der Waals surface area contributed by atoms with E-state index in [2.05, 4.69) is 24.0 Å². The van der Waals surface area contributed by atoms with Gasteiger partial charge in [-0.2, -0.15) is 0 Å². The monoisotopic (exact) mass is 428 g/mol. The minimum absolute atomic E-state index is 0.0612. The van der Waals surface area contributed by atoms with Crippen molar-refractivity contribution < 1.29 is 9.53 Å². The number of hydrogen-bond acceptors (Lipinski definition) is 6. The second-order valence-corrected chi connectivity index (χ2v) is 9.00. The molecule has 0 bridgehead atoms. The molecule has 0 spiro atoms. The fourth-order valence-electron chi connectivity index (χ4n) is 3.64. The maximum absolute atomic E-state index is 12.3. The SMILES string of the molecule is COC(=O)C[C@]1(C)N=C(c2ccc(Cl)cc2)c2c(sc(C)c2C)-n2c(C)nnc21. The molecule has 150 valence electrons. The number of fused-ring (bicyclic) bond motifs is 3. The molecule has 0 saturated heterocycles. The average molecular weight is 429 g/mol. The summed E-state index contributed by atoms with van der Waals surface area (Å²) in [5.41, 5.74) is 3.01. The zero-order valence-corrected chi connectivity index (χ0v) is 18.5. The van der Waals surface area contributed by atoms with Gasteiger partial charge in [-0.25, -0.2) is 0 Å². The van der Waals surface area contributed by atoms with Gasteiger partial charge in [0.05, 0.1) is 19.2 Å². The standard InChI is InChI=1S/C21H21ClN4O2S/c1-11-12(2)29-19-17(11)18(14-6-8-15(22)9-7-14)23-21(4,10-16(27)28-5)20-25-24-13(3)26(19)20/h6-9H,10H2,1-5H3/t21-/m0/s1. The molecule has 29 heavy (non-hydrogen) atoms. The van der Waals surface area contributed by atoms with E-state index < -0.39 is 5.54 Å². The summed E-state index contributed by atoms with van der Waals surface area (Å²) in [6.07, 6.45) is 0.0612. The number of ether oxygens (including phenoxy) is 1. The Hall–Kier alpha value is -2.51. The third-order valence-electron chi connectivity index (χ3n) is 5.31. The van der Waals surface area contributed by atoms with Gasteiger partial charge in [0.1, 0.15) is 16.4 Å². The Morgan fingerprint density at radius 3 is 2.55 bits per heavy atom. The lowest BCUT2D eigenvalue weighted by Gasteiger charge is -2.23. The minimum Gasteiger partial charge on any atom is -0.469 e. The summed E-state index contributed by atoms with van der Waals surface area (Å²) in [6.45, 7) is 8.01. The maximum atomic E-state index is 12.3. The number of halogens is 1. The third-order valence-corrected chi connectivity index (χ3v) is 6.75. The molecule has 3 heterocycles. The molecule has 8 heteroatoms. The van der Waals surface area contributed by atoms with Crippen molar-refractivity contribution in [2.75, 3.05) is 7.11 Å². The van der Waals surface area contributed by atoms with Gasteiger partial charge in [-0.3, -0.25) is 14.4 Å². The van der Waals surface area contributed by atoms with Crippen LogP contribution in [0.3, 0.4) is 0 Å². The van der Waals surface area contributed by atoms with E-state index in [-0.39, 0.29) is 12.4 Å². The zero-order chi connectivity index (χ0) is 20.9. The minimum atomic E-state index is -0.928. The van der Waals surface area contributed by atoms with E-state index in [0.29, 0.717) is 10.8 Å². The molecule has 1 aliphatic heterocycles. The zero-order valence-electron chi connectivity index (χ0n) is 16.9. The van der Waals surface area contributed by atoms with Gasteiger partial charge in [0.25, 0.3) is 0 Å². The fourth-order valence-corrected chi connectivity index (χ4v) is 4.97. The van der Waals surface area contributed by atoms with Gasteiger partial charge in [-0.05, 0) is 45.4 Å². The van der Waals surface area contributed by atoms with Crippen LogP contribution in [0.15, 0.2) is 29.3 Å². The second kappa shape index (κ2) is 7.07. The Morgan fingerprint density at radius 1 is 1.21 bits per heavy atom. The van der Waals surface area contributed by atoms with Gasteiger partial charge < -0.3 is 4.74 Å². The largest absolute Gasteiger partial charge is 0.469 e. The molecule has 0 unspecified atom stereocenters. The topological polar surface area (TPSA) is 69.4 Å². The number of esters is 1. The number of thiophene rings is 1. The molecule has 6 nitrogen and oxygen atoms in total. The first kappa shape index (κ1) is 19.8. The van der Waals surface area contributed by atoms with Crippen LogP contribution in [0.2, 0.25) is 5.02 Å². The van der Waals surface area contributed by atoms with E-state index in [0.717, 1.165) is 33.2 Å². The summed E-state index contributed by atoms with van der Waals surface area (Å²) in [6, 6.07) is 7.60. The highest BCUT2D eigenvalue weighted by Gasteiger charge is 2.40. The molecule has 0 amide bonds. The van der Waals surface area contributed by atoms with Crippen LogP contribution in [0, 0.1) is 20.8 Å². The Morgan fingerprint density at radius 2 is 1.90 bits per heavy atom. The van der Waals surface area contributed by atoms with Gasteiger partial charge >= 0.3 is 5.97 Å². The summed E-state index contributed by atoms with van der Waals surface area (Å²) >= 11 is 7.80. The van der Waals surface area contributed by atoms with Crippen molar-refractivity contribution in [3.63, 3.8) is 0 Å². The van der Waals surface area contributed by atoms with Crippen molar-refractivity contribution in [1.82, 2.24) is 14.8 Å². The number of rotatable bonds is 3. The summed E-state index contributed by atoms with van der Waals surface area (Å²) in [7, 11) is 1.38. The molecule has 0 N–H and O–H groups in total. The lowest BCUT2D eigenvalue weighted by atomic mass is 9.95. The molecule has 0 saturated carbocycles. The molecule has 1 aliphatic rings. The highest BCUT2D eigenvalue weighted by molar-refractivity contribution is 7.15. The summed E-state index contributed by atoms with van der Waals surface area (Å²) in [5.74, 6) is 1.04. The van der Waals surface area contributed by atoms with E-state index in [1.807, 2.05) is 42.7 Å². The Kier molecular flexibility index (Phi) is 4.83. The molecule has 0 radical (unpaired) electrons. The molecular formula is C21H21ClN4O2S. The lowest BCUT2D eigenvalue weighted by molar-refractivity contribution is -0.142. The van der Waals surface area contributed by atoms with Crippen molar-refractivity contribution in [1.29, 1.82) is 0 Å². The Labute approximate surface area is 178 Å². The van der Waals surface area contributed by atoms with Crippen LogP contribution in [-0.4, -0.2) is 33.6 Å². The molecule has 2 aromatic heterocycles. The predicted octanol–water partition coefficient (Wildman–Crippen LogP) is 4.54. The highest BCUT2D eigenvalue weighted by atomic mass is 35.5. The van der Waals surface area contributed by atoms with E-state index >= 15 is 0 Å². The number of benzene rings is 1. The van der Waals surface area contributed by atoms with Crippen LogP contribution in [0.1, 0.15) is 46.6 Å². The first-order valence-corrected chi connectivity index (χ1v) is 10.4. The van der Waals surface area contributed by atoms with Crippen molar-refractivity contribution in [3.05, 3.63) is 62.5 Å². The molecule has 1 aromatic carbocycles. The second-order valence-electron chi connectivity index (χ2n) is 7.36. The lowest BCUT2D eigenvalue weighted by Crippen LogP contribution is -2.28.